The molecule has 0 unspecified atom stereocenters. The molecule has 0 spiro atoms. The second kappa shape index (κ2) is 3.26. The van der Waals surface area contributed by atoms with Crippen molar-refractivity contribution in [1.82, 2.24) is 9.97 Å². The van der Waals surface area contributed by atoms with Crippen LogP contribution in [0.3, 0.4) is 0 Å². The Labute approximate surface area is 75.6 Å². The number of anilines is 1. The lowest BCUT2D eigenvalue weighted by Gasteiger charge is -1.99. The molecule has 0 bridgehead atoms. The van der Waals surface area contributed by atoms with E-state index in [4.69, 9.17) is 4.42 Å². The van der Waals surface area contributed by atoms with Crippen LogP contribution in [0.4, 0.5) is 5.69 Å². The Kier molecular flexibility index (Phi) is 1.96. The van der Waals surface area contributed by atoms with Gasteiger partial charge < -0.3 is 9.73 Å². The summed E-state index contributed by atoms with van der Waals surface area (Å²) in [6.45, 7) is 0. The van der Waals surface area contributed by atoms with Crippen molar-refractivity contribution in [1.29, 1.82) is 0 Å². The fraction of sp³-hybridized carbons (Fsp3) is 0.111. The van der Waals surface area contributed by atoms with Crippen LogP contribution >= 0.6 is 0 Å². The Balaban J connectivity index is 2.41. The first-order chi connectivity index (χ1) is 6.40. The minimum absolute atomic E-state index is 0.588. The topological polar surface area (TPSA) is 51.0 Å². The Morgan fingerprint density at radius 3 is 3.00 bits per heavy atom. The van der Waals surface area contributed by atoms with Crippen LogP contribution in [-0.2, 0) is 0 Å². The minimum Gasteiger partial charge on any atom is -0.444 e. The molecule has 2 aromatic heterocycles. The smallest absolute Gasteiger partial charge is 0.227 e. The van der Waals surface area contributed by atoms with E-state index < -0.39 is 0 Å². The highest BCUT2D eigenvalue weighted by atomic mass is 16.3. The molecule has 13 heavy (non-hydrogen) atoms. The standard InChI is InChI=1S/C9H9N3O/c1-10-8-4-7(5-11-6-8)9-12-2-3-13-9/h2-6,10H,1H3. The fourth-order valence-electron chi connectivity index (χ4n) is 1.06. The van der Waals surface area contributed by atoms with Gasteiger partial charge in [0.1, 0.15) is 6.26 Å². The van der Waals surface area contributed by atoms with E-state index >= 15 is 0 Å². The number of nitrogens with zero attached hydrogens (tertiary/aromatic N) is 2. The summed E-state index contributed by atoms with van der Waals surface area (Å²) in [5.74, 6) is 0.588. The van der Waals surface area contributed by atoms with Crippen molar-refractivity contribution in [2.75, 3.05) is 12.4 Å². The SMILES string of the molecule is CNc1cncc(-c2ncco2)c1. The van der Waals surface area contributed by atoms with E-state index in [0.29, 0.717) is 5.89 Å². The summed E-state index contributed by atoms with van der Waals surface area (Å²) < 4.78 is 5.14. The van der Waals surface area contributed by atoms with Gasteiger partial charge in [-0.2, -0.15) is 0 Å². The first-order valence-electron chi connectivity index (χ1n) is 3.93. The molecule has 66 valence electrons. The summed E-state index contributed by atoms with van der Waals surface area (Å²) in [5, 5.41) is 3.00. The highest BCUT2D eigenvalue weighted by Gasteiger charge is 2.02. The first kappa shape index (κ1) is 7.79. The normalized spacial score (nSPS) is 9.92. The van der Waals surface area contributed by atoms with Gasteiger partial charge in [0.2, 0.25) is 5.89 Å². The number of aromatic nitrogens is 2. The minimum atomic E-state index is 0.588. The van der Waals surface area contributed by atoms with Crippen molar-refractivity contribution in [3.05, 3.63) is 30.9 Å². The predicted molar refractivity (Wildman–Crippen MR) is 49.3 cm³/mol. The summed E-state index contributed by atoms with van der Waals surface area (Å²) in [6.07, 6.45) is 6.61. The van der Waals surface area contributed by atoms with Gasteiger partial charge >= 0.3 is 0 Å². The van der Waals surface area contributed by atoms with E-state index in [1.807, 2.05) is 13.1 Å². The van der Waals surface area contributed by atoms with Crippen LogP contribution in [-0.4, -0.2) is 17.0 Å². The zero-order valence-corrected chi connectivity index (χ0v) is 7.19. The molecule has 0 saturated heterocycles. The molecule has 0 atom stereocenters. The molecular formula is C9H9N3O. The molecule has 0 radical (unpaired) electrons. The number of hydrogen-bond acceptors (Lipinski definition) is 4. The fourth-order valence-corrected chi connectivity index (χ4v) is 1.06. The van der Waals surface area contributed by atoms with Crippen molar-refractivity contribution in [2.45, 2.75) is 0 Å². The van der Waals surface area contributed by atoms with Crippen LogP contribution < -0.4 is 5.32 Å². The quantitative estimate of drug-likeness (QED) is 0.755. The summed E-state index contributed by atoms with van der Waals surface area (Å²) in [5.41, 5.74) is 1.81. The van der Waals surface area contributed by atoms with E-state index in [-0.39, 0.29) is 0 Å². The van der Waals surface area contributed by atoms with Crippen molar-refractivity contribution >= 4 is 5.69 Å². The molecule has 0 amide bonds. The molecule has 0 fully saturated rings. The molecule has 0 aliphatic rings. The molecule has 2 heterocycles. The van der Waals surface area contributed by atoms with Crippen LogP contribution in [0.2, 0.25) is 0 Å². The maximum Gasteiger partial charge on any atom is 0.227 e. The van der Waals surface area contributed by atoms with Gasteiger partial charge in [0.05, 0.1) is 17.4 Å². The van der Waals surface area contributed by atoms with Gasteiger partial charge in [-0.25, -0.2) is 4.98 Å². The van der Waals surface area contributed by atoms with Crippen molar-refractivity contribution in [2.24, 2.45) is 0 Å². The van der Waals surface area contributed by atoms with Crippen LogP contribution in [0.1, 0.15) is 0 Å². The zero-order chi connectivity index (χ0) is 9.10. The lowest BCUT2D eigenvalue weighted by Crippen LogP contribution is -1.89. The zero-order valence-electron chi connectivity index (χ0n) is 7.19. The molecule has 4 nitrogen and oxygen atoms in total. The number of oxazole rings is 1. The van der Waals surface area contributed by atoms with Crippen LogP contribution in [0.15, 0.2) is 35.3 Å². The lowest BCUT2D eigenvalue weighted by atomic mass is 10.2. The molecule has 1 N–H and O–H groups in total. The Morgan fingerprint density at radius 1 is 1.38 bits per heavy atom. The molecule has 0 aliphatic heterocycles. The van der Waals surface area contributed by atoms with E-state index in [1.165, 1.54) is 0 Å². The third-order valence-corrected chi connectivity index (χ3v) is 1.71. The summed E-state index contributed by atoms with van der Waals surface area (Å²) >= 11 is 0. The van der Waals surface area contributed by atoms with Crippen LogP contribution in [0, 0.1) is 0 Å². The molecular weight excluding hydrogens is 166 g/mol. The molecule has 4 heteroatoms. The van der Waals surface area contributed by atoms with Crippen molar-refractivity contribution < 1.29 is 4.42 Å². The van der Waals surface area contributed by atoms with E-state index in [2.05, 4.69) is 15.3 Å². The number of pyridine rings is 1. The molecule has 0 saturated carbocycles. The second-order valence-corrected chi connectivity index (χ2v) is 2.55. The van der Waals surface area contributed by atoms with Gasteiger partial charge in [-0.3, -0.25) is 4.98 Å². The second-order valence-electron chi connectivity index (χ2n) is 2.55. The van der Waals surface area contributed by atoms with Crippen LogP contribution in [0.25, 0.3) is 11.5 Å². The lowest BCUT2D eigenvalue weighted by molar-refractivity contribution is 0.574. The van der Waals surface area contributed by atoms with Crippen molar-refractivity contribution in [3.8, 4) is 11.5 Å². The van der Waals surface area contributed by atoms with E-state index in [9.17, 15) is 0 Å². The number of nitrogens with one attached hydrogen (secondary N) is 1. The maximum absolute atomic E-state index is 5.14. The maximum atomic E-state index is 5.14. The van der Waals surface area contributed by atoms with Crippen LogP contribution in [0.5, 0.6) is 0 Å². The van der Waals surface area contributed by atoms with Gasteiger partial charge in [0.15, 0.2) is 0 Å². The number of rotatable bonds is 2. The van der Waals surface area contributed by atoms with Crippen molar-refractivity contribution in [3.63, 3.8) is 0 Å². The van der Waals surface area contributed by atoms with Gasteiger partial charge in [0, 0.05) is 19.4 Å². The monoisotopic (exact) mass is 175 g/mol. The third kappa shape index (κ3) is 1.51. The molecule has 2 rings (SSSR count). The summed E-state index contributed by atoms with van der Waals surface area (Å²) in [6, 6.07) is 1.93. The molecule has 2 aromatic rings. The Morgan fingerprint density at radius 2 is 2.31 bits per heavy atom. The Hall–Kier alpha value is -1.84. The van der Waals surface area contributed by atoms with Gasteiger partial charge in [-0.15, -0.1) is 0 Å². The first-order valence-corrected chi connectivity index (χ1v) is 3.93. The predicted octanol–water partition coefficient (Wildman–Crippen LogP) is 1.78. The average Bonchev–Trinajstić information content (AvgIpc) is 2.71. The highest BCUT2D eigenvalue weighted by molar-refractivity contribution is 5.58. The van der Waals surface area contributed by atoms with E-state index in [0.717, 1.165) is 11.3 Å². The van der Waals surface area contributed by atoms with Gasteiger partial charge in [0.25, 0.3) is 0 Å². The van der Waals surface area contributed by atoms with E-state index in [1.54, 1.807) is 24.9 Å². The third-order valence-electron chi connectivity index (χ3n) is 1.71. The highest BCUT2D eigenvalue weighted by Crippen LogP contribution is 2.18. The Bertz CT molecular complexity index is 384. The summed E-state index contributed by atoms with van der Waals surface area (Å²) in [4.78, 5) is 8.08. The molecule has 0 aromatic carbocycles. The van der Waals surface area contributed by atoms with Gasteiger partial charge in [-0.1, -0.05) is 0 Å². The summed E-state index contributed by atoms with van der Waals surface area (Å²) in [7, 11) is 1.84. The van der Waals surface area contributed by atoms with Gasteiger partial charge in [-0.05, 0) is 6.07 Å². The largest absolute Gasteiger partial charge is 0.444 e. The number of hydrogen-bond donors (Lipinski definition) is 1. The average molecular weight is 175 g/mol. The molecule has 0 aliphatic carbocycles.